The number of aryl methyl sites for hydroxylation is 1. The standard InChI is InChI=1S/C19H30N2O2S2/c1-18(2,3)11-19(4,5)21-17(24)20-15-14(16(22)23-6)12-9-7-8-10-13(12)25-15/h7-11H2,1-6H3,(H2,20,21,24). The molecule has 1 heterocycles. The van der Waals surface area contributed by atoms with Crippen molar-refractivity contribution >= 4 is 39.6 Å². The number of hydrogen-bond donors (Lipinski definition) is 2. The number of esters is 1. The van der Waals surface area contributed by atoms with Crippen molar-refractivity contribution in [1.82, 2.24) is 5.32 Å². The summed E-state index contributed by atoms with van der Waals surface area (Å²) in [5.74, 6) is -0.279. The third-order valence-electron chi connectivity index (χ3n) is 4.21. The molecule has 0 aromatic carbocycles. The smallest absolute Gasteiger partial charge is 0.341 e. The van der Waals surface area contributed by atoms with Gasteiger partial charge in [-0.3, -0.25) is 0 Å². The van der Waals surface area contributed by atoms with Crippen molar-refractivity contribution in [2.24, 2.45) is 5.41 Å². The van der Waals surface area contributed by atoms with Gasteiger partial charge in [-0.1, -0.05) is 20.8 Å². The molecule has 0 atom stereocenters. The van der Waals surface area contributed by atoms with E-state index in [0.29, 0.717) is 10.7 Å². The summed E-state index contributed by atoms with van der Waals surface area (Å²) >= 11 is 7.16. The first-order chi connectivity index (χ1) is 11.5. The largest absolute Gasteiger partial charge is 0.465 e. The number of anilines is 1. The zero-order valence-electron chi connectivity index (χ0n) is 16.2. The Labute approximate surface area is 160 Å². The molecule has 0 saturated carbocycles. The Hall–Kier alpha value is -1.14. The molecule has 0 spiro atoms. The third-order valence-corrected chi connectivity index (χ3v) is 5.62. The summed E-state index contributed by atoms with van der Waals surface area (Å²) in [4.78, 5) is 13.6. The van der Waals surface area contributed by atoms with E-state index in [2.05, 4.69) is 45.3 Å². The van der Waals surface area contributed by atoms with E-state index in [-0.39, 0.29) is 16.9 Å². The Morgan fingerprint density at radius 2 is 1.84 bits per heavy atom. The van der Waals surface area contributed by atoms with Crippen LogP contribution < -0.4 is 10.6 Å². The van der Waals surface area contributed by atoms with Crippen LogP contribution in [0.15, 0.2) is 0 Å². The summed E-state index contributed by atoms with van der Waals surface area (Å²) in [7, 11) is 1.43. The number of hydrogen-bond acceptors (Lipinski definition) is 4. The second-order valence-corrected chi connectivity index (χ2v) is 10.1. The highest BCUT2D eigenvalue weighted by atomic mass is 32.1. The molecule has 2 rings (SSSR count). The second kappa shape index (κ2) is 7.62. The topological polar surface area (TPSA) is 50.4 Å². The van der Waals surface area contributed by atoms with Crippen LogP contribution in [-0.4, -0.2) is 23.7 Å². The van der Waals surface area contributed by atoms with E-state index in [1.807, 2.05) is 0 Å². The molecular weight excluding hydrogens is 352 g/mol. The number of thiocarbonyl (C=S) groups is 1. The van der Waals surface area contributed by atoms with Gasteiger partial charge in [-0.25, -0.2) is 4.79 Å². The highest BCUT2D eigenvalue weighted by Gasteiger charge is 2.29. The number of carbonyl (C=O) groups is 1. The Kier molecular flexibility index (Phi) is 6.15. The van der Waals surface area contributed by atoms with Gasteiger partial charge in [0.2, 0.25) is 0 Å². The molecule has 0 fully saturated rings. The Morgan fingerprint density at radius 1 is 1.20 bits per heavy atom. The van der Waals surface area contributed by atoms with Gasteiger partial charge >= 0.3 is 5.97 Å². The molecular formula is C19H30N2O2S2. The Morgan fingerprint density at radius 3 is 2.44 bits per heavy atom. The summed E-state index contributed by atoms with van der Waals surface area (Å²) in [5.41, 5.74) is 1.87. The molecule has 4 nitrogen and oxygen atoms in total. The fourth-order valence-electron chi connectivity index (χ4n) is 3.78. The predicted molar refractivity (Wildman–Crippen MR) is 110 cm³/mol. The maximum absolute atomic E-state index is 12.3. The monoisotopic (exact) mass is 382 g/mol. The number of thiophene rings is 1. The SMILES string of the molecule is COC(=O)c1c(NC(=S)NC(C)(C)CC(C)(C)C)sc2c1CCCC2. The zero-order chi connectivity index (χ0) is 18.8. The molecule has 0 aliphatic heterocycles. The van der Waals surface area contributed by atoms with Gasteiger partial charge in [0.25, 0.3) is 0 Å². The maximum atomic E-state index is 12.3. The van der Waals surface area contributed by atoms with Gasteiger partial charge in [0.05, 0.1) is 12.7 Å². The predicted octanol–water partition coefficient (Wildman–Crippen LogP) is 4.91. The molecule has 2 N–H and O–H groups in total. The number of methoxy groups -OCH3 is 1. The van der Waals surface area contributed by atoms with E-state index in [1.54, 1.807) is 11.3 Å². The lowest BCUT2D eigenvalue weighted by Gasteiger charge is -2.34. The number of ether oxygens (including phenoxy) is 1. The van der Waals surface area contributed by atoms with Gasteiger partial charge in [-0.15, -0.1) is 11.3 Å². The third kappa shape index (κ3) is 5.42. The van der Waals surface area contributed by atoms with E-state index < -0.39 is 0 Å². The van der Waals surface area contributed by atoms with E-state index in [0.717, 1.165) is 36.2 Å². The number of carbonyl (C=O) groups excluding carboxylic acids is 1. The normalized spacial score (nSPS) is 14.6. The Bertz CT molecular complexity index is 657. The van der Waals surface area contributed by atoms with Crippen LogP contribution in [0.25, 0.3) is 0 Å². The first kappa shape index (κ1) is 20.2. The van der Waals surface area contributed by atoms with Crippen molar-refractivity contribution in [1.29, 1.82) is 0 Å². The molecule has 1 aliphatic carbocycles. The van der Waals surface area contributed by atoms with Crippen LogP contribution in [0, 0.1) is 5.41 Å². The lowest BCUT2D eigenvalue weighted by Crippen LogP contribution is -2.47. The highest BCUT2D eigenvalue weighted by molar-refractivity contribution is 7.80. The van der Waals surface area contributed by atoms with Crippen LogP contribution in [0.3, 0.4) is 0 Å². The molecule has 0 radical (unpaired) electrons. The lowest BCUT2D eigenvalue weighted by atomic mass is 9.82. The van der Waals surface area contributed by atoms with Gasteiger partial charge in [0.15, 0.2) is 5.11 Å². The molecule has 25 heavy (non-hydrogen) atoms. The minimum absolute atomic E-state index is 0.134. The molecule has 0 bridgehead atoms. The fourth-order valence-corrected chi connectivity index (χ4v) is 5.51. The molecule has 140 valence electrons. The van der Waals surface area contributed by atoms with Crippen LogP contribution in [0.5, 0.6) is 0 Å². The van der Waals surface area contributed by atoms with E-state index in [4.69, 9.17) is 17.0 Å². The molecule has 6 heteroatoms. The number of nitrogens with one attached hydrogen (secondary N) is 2. The first-order valence-corrected chi connectivity index (χ1v) is 10.1. The van der Waals surface area contributed by atoms with Crippen LogP contribution >= 0.6 is 23.6 Å². The molecule has 1 aromatic rings. The van der Waals surface area contributed by atoms with Crippen LogP contribution in [0.1, 0.15) is 74.7 Å². The minimum atomic E-state index is -0.279. The average Bonchev–Trinajstić information content (AvgIpc) is 2.80. The molecule has 1 aliphatic rings. The van der Waals surface area contributed by atoms with Crippen molar-refractivity contribution in [2.45, 2.75) is 72.3 Å². The second-order valence-electron chi connectivity index (χ2n) is 8.61. The van der Waals surface area contributed by atoms with Crippen LogP contribution in [0.4, 0.5) is 5.00 Å². The van der Waals surface area contributed by atoms with Crippen molar-refractivity contribution in [3.63, 3.8) is 0 Å². The summed E-state index contributed by atoms with van der Waals surface area (Å²) in [6.45, 7) is 10.9. The minimum Gasteiger partial charge on any atom is -0.465 e. The Balaban J connectivity index is 2.18. The first-order valence-electron chi connectivity index (χ1n) is 8.84. The molecule has 0 amide bonds. The van der Waals surface area contributed by atoms with Crippen LogP contribution in [0.2, 0.25) is 0 Å². The van der Waals surface area contributed by atoms with E-state index in [9.17, 15) is 4.79 Å². The van der Waals surface area contributed by atoms with Crippen molar-refractivity contribution in [3.05, 3.63) is 16.0 Å². The van der Waals surface area contributed by atoms with Crippen molar-refractivity contribution < 1.29 is 9.53 Å². The lowest BCUT2D eigenvalue weighted by molar-refractivity contribution is 0.0601. The fraction of sp³-hybridized carbons (Fsp3) is 0.684. The quantitative estimate of drug-likeness (QED) is 0.572. The summed E-state index contributed by atoms with van der Waals surface area (Å²) < 4.78 is 5.01. The van der Waals surface area contributed by atoms with Gasteiger partial charge in [-0.2, -0.15) is 0 Å². The number of fused-ring (bicyclic) bond motifs is 1. The van der Waals surface area contributed by atoms with E-state index >= 15 is 0 Å². The molecule has 1 aromatic heterocycles. The average molecular weight is 383 g/mol. The van der Waals surface area contributed by atoms with Crippen molar-refractivity contribution in [2.75, 3.05) is 12.4 Å². The zero-order valence-corrected chi connectivity index (χ0v) is 17.8. The summed E-state index contributed by atoms with van der Waals surface area (Å²) in [6.07, 6.45) is 5.24. The summed E-state index contributed by atoms with van der Waals surface area (Å²) in [6, 6.07) is 0. The van der Waals surface area contributed by atoms with Gasteiger partial charge in [0, 0.05) is 10.4 Å². The number of rotatable bonds is 4. The molecule has 0 saturated heterocycles. The highest BCUT2D eigenvalue weighted by Crippen LogP contribution is 2.38. The maximum Gasteiger partial charge on any atom is 0.341 e. The van der Waals surface area contributed by atoms with Crippen LogP contribution in [-0.2, 0) is 17.6 Å². The van der Waals surface area contributed by atoms with E-state index in [1.165, 1.54) is 18.4 Å². The summed E-state index contributed by atoms with van der Waals surface area (Å²) in [5, 5.41) is 8.03. The van der Waals surface area contributed by atoms with Gasteiger partial charge in [-0.05, 0) is 69.1 Å². The van der Waals surface area contributed by atoms with Gasteiger partial charge in [0.1, 0.15) is 5.00 Å². The molecule has 0 unspecified atom stereocenters. The van der Waals surface area contributed by atoms with Crippen molar-refractivity contribution in [3.8, 4) is 0 Å². The van der Waals surface area contributed by atoms with Gasteiger partial charge < -0.3 is 15.4 Å².